The van der Waals surface area contributed by atoms with Gasteiger partial charge in [-0.25, -0.2) is 4.79 Å². The fraction of sp³-hybridized carbons (Fsp3) is 0.800. The summed E-state index contributed by atoms with van der Waals surface area (Å²) in [5.74, 6) is 0.678. The summed E-state index contributed by atoms with van der Waals surface area (Å²) < 4.78 is 0. The highest BCUT2D eigenvalue weighted by Crippen LogP contribution is 1.86. The number of hydrogen-bond acceptors (Lipinski definition) is 2. The number of rotatable bonds is 2. The number of hydrogen-bond donors (Lipinski definition) is 1. The summed E-state index contributed by atoms with van der Waals surface area (Å²) in [5, 5.41) is 2.68. The molecule has 0 heterocycles. The van der Waals surface area contributed by atoms with E-state index in [-0.39, 0.29) is 6.03 Å². The average Bonchev–Trinajstić information content (AvgIpc) is 1.82. The molecular formula is C5H12N2OS. The molecule has 0 spiro atoms. The molecule has 0 bridgehead atoms. The van der Waals surface area contributed by atoms with E-state index < -0.39 is 0 Å². The van der Waals surface area contributed by atoms with Crippen LogP contribution in [0.4, 0.5) is 4.79 Å². The third kappa shape index (κ3) is 4.14. The topological polar surface area (TPSA) is 32.3 Å². The maximum Gasteiger partial charge on any atom is 0.317 e. The third-order valence-electron chi connectivity index (χ3n) is 0.774. The molecule has 0 aliphatic rings. The van der Waals surface area contributed by atoms with Gasteiger partial charge in [0.1, 0.15) is 0 Å². The number of amides is 2. The molecule has 0 aromatic rings. The Kier molecular flexibility index (Phi) is 4.30. The standard InChI is InChI=1S/C5H12N2OS/c1-7(2)5(8)6-4-9-3/h4H2,1-3H3,(H,6,8). The molecule has 3 nitrogen and oxygen atoms in total. The van der Waals surface area contributed by atoms with Crippen LogP contribution in [0.2, 0.25) is 0 Å². The van der Waals surface area contributed by atoms with E-state index in [4.69, 9.17) is 0 Å². The van der Waals surface area contributed by atoms with Crippen molar-refractivity contribution in [3.63, 3.8) is 0 Å². The van der Waals surface area contributed by atoms with E-state index >= 15 is 0 Å². The van der Waals surface area contributed by atoms with Crippen molar-refractivity contribution in [2.75, 3.05) is 26.2 Å². The Morgan fingerprint density at radius 2 is 2.22 bits per heavy atom. The first-order valence-corrected chi connectivity index (χ1v) is 4.02. The Hall–Kier alpha value is -0.380. The number of nitrogens with zero attached hydrogens (tertiary/aromatic N) is 1. The molecule has 2 amide bonds. The molecule has 0 atom stereocenters. The minimum absolute atomic E-state index is 0.0376. The van der Waals surface area contributed by atoms with Crippen LogP contribution < -0.4 is 5.32 Å². The lowest BCUT2D eigenvalue weighted by Gasteiger charge is -2.09. The maximum atomic E-state index is 10.7. The predicted octanol–water partition coefficient (Wildman–Crippen LogP) is 0.578. The van der Waals surface area contributed by atoms with Gasteiger partial charge < -0.3 is 10.2 Å². The minimum Gasteiger partial charge on any atom is -0.331 e. The fourth-order valence-corrected chi connectivity index (χ4v) is 0.560. The first-order valence-electron chi connectivity index (χ1n) is 2.62. The SMILES string of the molecule is CSCNC(=O)N(C)C. The highest BCUT2D eigenvalue weighted by atomic mass is 32.2. The van der Waals surface area contributed by atoms with Crippen molar-refractivity contribution in [1.29, 1.82) is 0 Å². The molecule has 1 N–H and O–H groups in total. The van der Waals surface area contributed by atoms with Crippen molar-refractivity contribution in [3.8, 4) is 0 Å². The van der Waals surface area contributed by atoms with Crippen molar-refractivity contribution in [3.05, 3.63) is 0 Å². The van der Waals surface area contributed by atoms with Gasteiger partial charge in [-0.15, -0.1) is 11.8 Å². The third-order valence-corrected chi connectivity index (χ3v) is 1.21. The summed E-state index contributed by atoms with van der Waals surface area (Å²) in [6.45, 7) is 0. The average molecular weight is 148 g/mol. The monoisotopic (exact) mass is 148 g/mol. The van der Waals surface area contributed by atoms with E-state index in [0.29, 0.717) is 5.88 Å². The summed E-state index contributed by atoms with van der Waals surface area (Å²) in [5.41, 5.74) is 0. The number of nitrogens with one attached hydrogen (secondary N) is 1. The summed E-state index contributed by atoms with van der Waals surface area (Å²) in [6.07, 6.45) is 1.94. The Morgan fingerprint density at radius 3 is 2.56 bits per heavy atom. The van der Waals surface area contributed by atoms with Crippen LogP contribution in [0.1, 0.15) is 0 Å². The second kappa shape index (κ2) is 4.49. The zero-order valence-electron chi connectivity index (χ0n) is 5.97. The second-order valence-corrected chi connectivity index (χ2v) is 2.68. The molecule has 9 heavy (non-hydrogen) atoms. The molecule has 4 heteroatoms. The molecule has 0 aromatic heterocycles. The summed E-state index contributed by atoms with van der Waals surface area (Å²) in [7, 11) is 3.44. The largest absolute Gasteiger partial charge is 0.331 e. The number of thioether (sulfide) groups is 1. The van der Waals surface area contributed by atoms with E-state index in [2.05, 4.69) is 5.32 Å². The van der Waals surface area contributed by atoms with Crippen LogP contribution in [-0.2, 0) is 0 Å². The zero-order chi connectivity index (χ0) is 7.28. The summed E-state index contributed by atoms with van der Waals surface area (Å²) in [6, 6.07) is -0.0376. The molecule has 0 aliphatic carbocycles. The Balaban J connectivity index is 3.28. The number of urea groups is 1. The smallest absolute Gasteiger partial charge is 0.317 e. The van der Waals surface area contributed by atoms with Gasteiger partial charge in [0.2, 0.25) is 0 Å². The fourth-order valence-electron chi connectivity index (χ4n) is 0.292. The molecule has 0 saturated carbocycles. The number of carbonyl (C=O) groups is 1. The number of carbonyl (C=O) groups excluding carboxylic acids is 1. The predicted molar refractivity (Wildman–Crippen MR) is 40.6 cm³/mol. The van der Waals surface area contributed by atoms with Crippen molar-refractivity contribution in [2.45, 2.75) is 0 Å². The van der Waals surface area contributed by atoms with E-state index in [0.717, 1.165) is 0 Å². The highest BCUT2D eigenvalue weighted by molar-refractivity contribution is 7.98. The Morgan fingerprint density at radius 1 is 1.67 bits per heavy atom. The molecule has 0 saturated heterocycles. The minimum atomic E-state index is -0.0376. The quantitative estimate of drug-likeness (QED) is 0.581. The molecule has 0 unspecified atom stereocenters. The van der Waals surface area contributed by atoms with Crippen LogP contribution >= 0.6 is 11.8 Å². The van der Waals surface area contributed by atoms with Gasteiger partial charge in [0, 0.05) is 14.1 Å². The van der Waals surface area contributed by atoms with Crippen molar-refractivity contribution >= 4 is 17.8 Å². The maximum absolute atomic E-state index is 10.7. The van der Waals surface area contributed by atoms with Gasteiger partial charge in [0.05, 0.1) is 5.88 Å². The molecule has 0 radical (unpaired) electrons. The van der Waals surface area contributed by atoms with E-state index in [1.54, 1.807) is 25.9 Å². The second-order valence-electron chi connectivity index (χ2n) is 1.81. The molecule has 54 valence electrons. The lowest BCUT2D eigenvalue weighted by atomic mass is 10.8. The molecular weight excluding hydrogens is 136 g/mol. The van der Waals surface area contributed by atoms with Gasteiger partial charge in [0.25, 0.3) is 0 Å². The van der Waals surface area contributed by atoms with Gasteiger partial charge >= 0.3 is 6.03 Å². The molecule has 0 aromatic carbocycles. The van der Waals surface area contributed by atoms with Crippen molar-refractivity contribution in [1.82, 2.24) is 10.2 Å². The lowest BCUT2D eigenvalue weighted by Crippen LogP contribution is -2.33. The van der Waals surface area contributed by atoms with Gasteiger partial charge in [-0.2, -0.15) is 0 Å². The van der Waals surface area contributed by atoms with Gasteiger partial charge in [0.15, 0.2) is 0 Å². The van der Waals surface area contributed by atoms with Crippen LogP contribution in [-0.4, -0.2) is 37.2 Å². The molecule has 0 rings (SSSR count). The van der Waals surface area contributed by atoms with Crippen LogP contribution in [0, 0.1) is 0 Å². The van der Waals surface area contributed by atoms with Crippen LogP contribution in [0.5, 0.6) is 0 Å². The van der Waals surface area contributed by atoms with Crippen LogP contribution in [0.25, 0.3) is 0 Å². The first kappa shape index (κ1) is 8.62. The van der Waals surface area contributed by atoms with Crippen LogP contribution in [0.3, 0.4) is 0 Å². The van der Waals surface area contributed by atoms with Crippen LogP contribution in [0.15, 0.2) is 0 Å². The normalized spacial score (nSPS) is 8.78. The first-order chi connectivity index (χ1) is 4.18. The molecule has 0 aliphatic heterocycles. The lowest BCUT2D eigenvalue weighted by molar-refractivity contribution is 0.219. The van der Waals surface area contributed by atoms with E-state index in [9.17, 15) is 4.79 Å². The van der Waals surface area contributed by atoms with Crippen molar-refractivity contribution in [2.24, 2.45) is 0 Å². The zero-order valence-corrected chi connectivity index (χ0v) is 6.79. The Labute approximate surface area is 59.8 Å². The molecule has 0 fully saturated rings. The van der Waals surface area contributed by atoms with E-state index in [1.165, 1.54) is 4.90 Å². The van der Waals surface area contributed by atoms with Crippen molar-refractivity contribution < 1.29 is 4.79 Å². The summed E-state index contributed by atoms with van der Waals surface area (Å²) >= 11 is 1.59. The van der Waals surface area contributed by atoms with E-state index in [1.807, 2.05) is 6.26 Å². The van der Waals surface area contributed by atoms with Gasteiger partial charge in [-0.05, 0) is 6.26 Å². The van der Waals surface area contributed by atoms with Gasteiger partial charge in [-0.1, -0.05) is 0 Å². The highest BCUT2D eigenvalue weighted by Gasteiger charge is 1.98. The Bertz CT molecular complexity index is 95.0. The van der Waals surface area contributed by atoms with Gasteiger partial charge in [-0.3, -0.25) is 0 Å². The summed E-state index contributed by atoms with van der Waals surface area (Å²) in [4.78, 5) is 12.2.